The predicted molar refractivity (Wildman–Crippen MR) is 89.3 cm³/mol. The molecule has 1 amide bonds. The van der Waals surface area contributed by atoms with Crippen LogP contribution in [0.15, 0.2) is 60.7 Å². The standard InChI is InChI=1S/C19H19NO4/c1-2-24-17(22)13-16(21)20-18(14-9-5-3-6-10-14)19(23)15-11-7-4-8-12-15/h3-12,18H,2,13H2,1H3,(H,20,21). The summed E-state index contributed by atoms with van der Waals surface area (Å²) < 4.78 is 4.76. The van der Waals surface area contributed by atoms with Gasteiger partial charge in [0.1, 0.15) is 12.5 Å². The van der Waals surface area contributed by atoms with Gasteiger partial charge in [0.2, 0.25) is 5.91 Å². The van der Waals surface area contributed by atoms with Crippen molar-refractivity contribution in [1.82, 2.24) is 5.32 Å². The van der Waals surface area contributed by atoms with E-state index in [4.69, 9.17) is 4.74 Å². The molecule has 5 heteroatoms. The van der Waals surface area contributed by atoms with E-state index in [1.165, 1.54) is 0 Å². The summed E-state index contributed by atoms with van der Waals surface area (Å²) in [6.45, 7) is 1.87. The lowest BCUT2D eigenvalue weighted by Gasteiger charge is -2.18. The van der Waals surface area contributed by atoms with E-state index in [9.17, 15) is 14.4 Å². The molecule has 2 rings (SSSR count). The Bertz CT molecular complexity index is 698. The number of carbonyl (C=O) groups excluding carboxylic acids is 3. The molecule has 2 aromatic rings. The van der Waals surface area contributed by atoms with Crippen LogP contribution in [0.4, 0.5) is 0 Å². The Kier molecular flexibility index (Phi) is 6.25. The van der Waals surface area contributed by atoms with Gasteiger partial charge in [-0.2, -0.15) is 0 Å². The van der Waals surface area contributed by atoms with Gasteiger partial charge in [0, 0.05) is 5.56 Å². The third-order valence-corrected chi connectivity index (χ3v) is 3.37. The number of rotatable bonds is 7. The molecule has 2 aromatic carbocycles. The summed E-state index contributed by atoms with van der Waals surface area (Å²) in [6, 6.07) is 16.8. The van der Waals surface area contributed by atoms with Gasteiger partial charge in [-0.05, 0) is 12.5 Å². The van der Waals surface area contributed by atoms with E-state index in [0.29, 0.717) is 11.1 Å². The molecule has 0 fully saturated rings. The Balaban J connectivity index is 2.20. The highest BCUT2D eigenvalue weighted by atomic mass is 16.5. The van der Waals surface area contributed by atoms with Gasteiger partial charge in [0.25, 0.3) is 0 Å². The second-order valence-electron chi connectivity index (χ2n) is 5.12. The number of hydrogen-bond donors (Lipinski definition) is 1. The van der Waals surface area contributed by atoms with Crippen LogP contribution in [-0.4, -0.2) is 24.3 Å². The molecule has 0 aromatic heterocycles. The Morgan fingerprint density at radius 3 is 2.12 bits per heavy atom. The summed E-state index contributed by atoms with van der Waals surface area (Å²) in [5.74, 6) is -1.40. The first-order valence-corrected chi connectivity index (χ1v) is 7.71. The molecular formula is C19H19NO4. The minimum atomic E-state index is -0.851. The summed E-state index contributed by atoms with van der Waals surface area (Å²) in [6.07, 6.45) is -0.417. The monoisotopic (exact) mass is 325 g/mol. The number of Topliss-reactive ketones (excluding diaryl/α,β-unsaturated/α-hetero) is 1. The summed E-state index contributed by atoms with van der Waals surface area (Å²) >= 11 is 0. The maximum atomic E-state index is 12.8. The molecule has 24 heavy (non-hydrogen) atoms. The SMILES string of the molecule is CCOC(=O)CC(=O)NC(C(=O)c1ccccc1)c1ccccc1. The fraction of sp³-hybridized carbons (Fsp3) is 0.211. The average Bonchev–Trinajstić information content (AvgIpc) is 2.61. The first-order valence-electron chi connectivity index (χ1n) is 7.71. The van der Waals surface area contributed by atoms with E-state index in [1.807, 2.05) is 12.1 Å². The normalized spacial score (nSPS) is 11.4. The van der Waals surface area contributed by atoms with Crippen LogP contribution in [0, 0.1) is 0 Å². The average molecular weight is 325 g/mol. The fourth-order valence-electron chi connectivity index (χ4n) is 2.27. The van der Waals surface area contributed by atoms with Crippen LogP contribution in [0.5, 0.6) is 0 Å². The number of hydrogen-bond acceptors (Lipinski definition) is 4. The minimum Gasteiger partial charge on any atom is -0.466 e. The van der Waals surface area contributed by atoms with Crippen LogP contribution in [0.2, 0.25) is 0 Å². The molecule has 0 aliphatic carbocycles. The van der Waals surface area contributed by atoms with E-state index in [2.05, 4.69) is 5.32 Å². The number of benzene rings is 2. The zero-order valence-corrected chi connectivity index (χ0v) is 13.4. The number of nitrogens with one attached hydrogen (secondary N) is 1. The number of esters is 1. The van der Waals surface area contributed by atoms with E-state index >= 15 is 0 Å². The summed E-state index contributed by atoms with van der Waals surface area (Å²) in [5, 5.41) is 2.63. The largest absolute Gasteiger partial charge is 0.466 e. The third kappa shape index (κ3) is 4.78. The Hall–Kier alpha value is -2.95. The maximum absolute atomic E-state index is 12.8. The second kappa shape index (κ2) is 8.62. The van der Waals surface area contributed by atoms with E-state index in [-0.39, 0.29) is 12.4 Å². The van der Waals surface area contributed by atoms with Crippen LogP contribution in [0.3, 0.4) is 0 Å². The van der Waals surface area contributed by atoms with Crippen molar-refractivity contribution in [3.63, 3.8) is 0 Å². The first-order chi connectivity index (χ1) is 11.6. The van der Waals surface area contributed by atoms with Gasteiger partial charge in [-0.3, -0.25) is 14.4 Å². The zero-order valence-electron chi connectivity index (χ0n) is 13.4. The van der Waals surface area contributed by atoms with Crippen LogP contribution in [-0.2, 0) is 14.3 Å². The lowest BCUT2D eigenvalue weighted by molar-refractivity contribution is -0.146. The summed E-state index contributed by atoms with van der Waals surface area (Å²) in [4.78, 5) is 36.3. The van der Waals surface area contributed by atoms with Gasteiger partial charge in [-0.1, -0.05) is 60.7 Å². The van der Waals surface area contributed by atoms with Gasteiger partial charge in [0.15, 0.2) is 5.78 Å². The molecule has 0 saturated heterocycles. The minimum absolute atomic E-state index is 0.206. The van der Waals surface area contributed by atoms with Gasteiger partial charge >= 0.3 is 5.97 Å². The van der Waals surface area contributed by atoms with Crippen LogP contribution in [0.1, 0.15) is 35.3 Å². The topological polar surface area (TPSA) is 72.5 Å². The molecule has 1 N–H and O–H groups in total. The Morgan fingerprint density at radius 1 is 0.958 bits per heavy atom. The van der Waals surface area contributed by atoms with Crippen molar-refractivity contribution in [3.8, 4) is 0 Å². The summed E-state index contributed by atoms with van der Waals surface area (Å²) in [5.41, 5.74) is 1.14. The van der Waals surface area contributed by atoms with Crippen molar-refractivity contribution in [2.75, 3.05) is 6.61 Å². The van der Waals surface area contributed by atoms with Crippen LogP contribution < -0.4 is 5.32 Å². The molecule has 1 atom stereocenters. The highest BCUT2D eigenvalue weighted by Gasteiger charge is 2.24. The molecule has 1 unspecified atom stereocenters. The molecule has 0 aliphatic heterocycles. The third-order valence-electron chi connectivity index (χ3n) is 3.37. The highest BCUT2D eigenvalue weighted by molar-refractivity contribution is 6.04. The number of amides is 1. The molecule has 5 nitrogen and oxygen atoms in total. The van der Waals surface area contributed by atoms with Crippen molar-refractivity contribution in [2.45, 2.75) is 19.4 Å². The van der Waals surface area contributed by atoms with E-state index in [1.54, 1.807) is 55.5 Å². The highest BCUT2D eigenvalue weighted by Crippen LogP contribution is 2.18. The zero-order chi connectivity index (χ0) is 17.4. The first kappa shape index (κ1) is 17.4. The van der Waals surface area contributed by atoms with Crippen molar-refractivity contribution in [1.29, 1.82) is 0 Å². The van der Waals surface area contributed by atoms with Gasteiger partial charge in [-0.15, -0.1) is 0 Å². The number of ether oxygens (including phenoxy) is 1. The molecule has 0 radical (unpaired) electrons. The molecule has 0 heterocycles. The van der Waals surface area contributed by atoms with Crippen LogP contribution >= 0.6 is 0 Å². The molecule has 0 aliphatic rings. The molecule has 0 bridgehead atoms. The predicted octanol–water partition coefficient (Wildman–Crippen LogP) is 2.68. The number of carbonyl (C=O) groups is 3. The van der Waals surface area contributed by atoms with E-state index in [0.717, 1.165) is 0 Å². The van der Waals surface area contributed by atoms with Gasteiger partial charge in [0.05, 0.1) is 6.61 Å². The maximum Gasteiger partial charge on any atom is 0.315 e. The molecule has 124 valence electrons. The van der Waals surface area contributed by atoms with E-state index < -0.39 is 24.3 Å². The van der Waals surface area contributed by atoms with Crippen molar-refractivity contribution in [2.24, 2.45) is 0 Å². The lowest BCUT2D eigenvalue weighted by atomic mass is 9.97. The smallest absolute Gasteiger partial charge is 0.315 e. The van der Waals surface area contributed by atoms with Gasteiger partial charge < -0.3 is 10.1 Å². The van der Waals surface area contributed by atoms with Crippen molar-refractivity contribution < 1.29 is 19.1 Å². The molecule has 0 saturated carbocycles. The molecular weight excluding hydrogens is 306 g/mol. The Labute approximate surface area is 140 Å². The van der Waals surface area contributed by atoms with Gasteiger partial charge in [-0.25, -0.2) is 0 Å². The van der Waals surface area contributed by atoms with Crippen molar-refractivity contribution in [3.05, 3.63) is 71.8 Å². The van der Waals surface area contributed by atoms with Crippen molar-refractivity contribution >= 4 is 17.7 Å². The fourth-order valence-corrected chi connectivity index (χ4v) is 2.27. The summed E-state index contributed by atoms with van der Waals surface area (Å²) in [7, 11) is 0. The lowest BCUT2D eigenvalue weighted by Crippen LogP contribution is -2.35. The second-order valence-corrected chi connectivity index (χ2v) is 5.12. The Morgan fingerprint density at radius 2 is 1.54 bits per heavy atom. The van der Waals surface area contributed by atoms with Crippen LogP contribution in [0.25, 0.3) is 0 Å². The quantitative estimate of drug-likeness (QED) is 0.482. The molecule has 0 spiro atoms. The number of ketones is 1.